The largest absolute Gasteiger partial charge is 0.497 e. The molecule has 1 aliphatic carbocycles. The van der Waals surface area contributed by atoms with Crippen LogP contribution in [-0.2, 0) is 10.00 Å². The number of alkyl halides is 2. The van der Waals surface area contributed by atoms with Crippen molar-refractivity contribution in [3.8, 4) is 11.4 Å². The summed E-state index contributed by atoms with van der Waals surface area (Å²) in [6.07, 6.45) is 0.0225. The summed E-state index contributed by atoms with van der Waals surface area (Å²) in [6, 6.07) is 6.43. The molecule has 1 aliphatic heterocycles. The molecule has 2 bridgehead atoms. The van der Waals surface area contributed by atoms with Gasteiger partial charge < -0.3 is 4.74 Å². The summed E-state index contributed by atoms with van der Waals surface area (Å²) in [6.45, 7) is 0. The van der Waals surface area contributed by atoms with Crippen molar-refractivity contribution >= 4 is 46.4 Å². The number of hydrogen-bond acceptors (Lipinski definition) is 3. The van der Waals surface area contributed by atoms with Crippen molar-refractivity contribution < 1.29 is 4.74 Å². The molecule has 2 aromatic rings. The van der Waals surface area contributed by atoms with Gasteiger partial charge in [0.15, 0.2) is 10.00 Å². The monoisotopic (exact) mass is 407 g/mol. The summed E-state index contributed by atoms with van der Waals surface area (Å²) in [4.78, 5) is 22.7. The molecule has 2 heterocycles. The topological polar surface area (TPSA) is 58.2 Å². The number of halogens is 4. The van der Waals surface area contributed by atoms with Crippen LogP contribution in [0.25, 0.3) is 5.69 Å². The normalized spacial score (nSPS) is 27.7. The molecule has 0 saturated carbocycles. The fourth-order valence-electron chi connectivity index (χ4n) is 3.15. The minimum atomic E-state index is -1.46. The van der Waals surface area contributed by atoms with Crippen molar-refractivity contribution in [2.45, 2.75) is 16.4 Å². The second-order valence-corrected chi connectivity index (χ2v) is 7.55. The molecule has 4 rings (SSSR count). The fraction of sp³-hybridized carbons (Fsp3) is 0.286. The molecule has 10 heteroatoms. The molecule has 0 saturated heterocycles. The van der Waals surface area contributed by atoms with E-state index in [1.165, 1.54) is 7.11 Å². The highest BCUT2D eigenvalue weighted by Crippen LogP contribution is 2.61. The van der Waals surface area contributed by atoms with E-state index >= 15 is 0 Å². The van der Waals surface area contributed by atoms with E-state index in [-0.39, 0.29) is 16.5 Å². The number of nitrogens with zero attached hydrogens (tertiary/aromatic N) is 3. The zero-order chi connectivity index (χ0) is 17.4. The maximum Gasteiger partial charge on any atom is 0.353 e. The molecule has 24 heavy (non-hydrogen) atoms. The van der Waals surface area contributed by atoms with E-state index in [0.29, 0.717) is 11.4 Å². The SMILES string of the molecule is COc1ccc(-n2c(=O)n3n(c2=O)C2(Cl)CC3(Cl)C(Cl)=C2Cl)cc1. The maximum atomic E-state index is 12.8. The molecule has 2 aliphatic rings. The van der Waals surface area contributed by atoms with Gasteiger partial charge in [-0.3, -0.25) is 0 Å². The van der Waals surface area contributed by atoms with Crippen LogP contribution in [0.1, 0.15) is 6.42 Å². The Morgan fingerprint density at radius 1 is 0.958 bits per heavy atom. The first-order valence-electron chi connectivity index (χ1n) is 6.82. The second kappa shape index (κ2) is 4.85. The Labute approximate surface area is 155 Å². The summed E-state index contributed by atoms with van der Waals surface area (Å²) in [5.74, 6) is 0.592. The van der Waals surface area contributed by atoms with Crippen LogP contribution < -0.4 is 16.1 Å². The van der Waals surface area contributed by atoms with Crippen molar-refractivity contribution in [2.24, 2.45) is 0 Å². The van der Waals surface area contributed by atoms with Gasteiger partial charge in [-0.05, 0) is 24.3 Å². The van der Waals surface area contributed by atoms with E-state index in [9.17, 15) is 9.59 Å². The first-order chi connectivity index (χ1) is 11.3. The van der Waals surface area contributed by atoms with Gasteiger partial charge in [0, 0.05) is 6.42 Å². The van der Waals surface area contributed by atoms with Gasteiger partial charge >= 0.3 is 11.4 Å². The third-order valence-electron chi connectivity index (χ3n) is 4.28. The first-order valence-corrected chi connectivity index (χ1v) is 8.33. The average molecular weight is 409 g/mol. The first kappa shape index (κ1) is 16.1. The van der Waals surface area contributed by atoms with Crippen LogP contribution in [0.4, 0.5) is 0 Å². The van der Waals surface area contributed by atoms with Gasteiger partial charge in [-0.25, -0.2) is 23.5 Å². The Hall–Kier alpha value is -1.34. The molecule has 0 fully saturated rings. The molecule has 0 N–H and O–H groups in total. The highest BCUT2D eigenvalue weighted by atomic mass is 35.5. The summed E-state index contributed by atoms with van der Waals surface area (Å²) in [5.41, 5.74) is -0.942. The van der Waals surface area contributed by atoms with Crippen molar-refractivity contribution in [1.29, 1.82) is 0 Å². The lowest BCUT2D eigenvalue weighted by Gasteiger charge is -2.23. The number of fused-ring (bicyclic) bond motifs is 5. The van der Waals surface area contributed by atoms with Crippen molar-refractivity contribution in [3.63, 3.8) is 0 Å². The van der Waals surface area contributed by atoms with E-state index in [4.69, 9.17) is 51.1 Å². The quantitative estimate of drug-likeness (QED) is 0.718. The summed E-state index contributed by atoms with van der Waals surface area (Å²) < 4.78 is 8.15. The molecular weight excluding hydrogens is 400 g/mol. The highest BCUT2D eigenvalue weighted by molar-refractivity contribution is 6.49. The summed E-state index contributed by atoms with van der Waals surface area (Å²) in [7, 11) is 1.52. The molecule has 0 radical (unpaired) electrons. The molecule has 2 atom stereocenters. The van der Waals surface area contributed by atoms with Crippen molar-refractivity contribution in [1.82, 2.24) is 13.9 Å². The molecule has 6 nitrogen and oxygen atoms in total. The van der Waals surface area contributed by atoms with Gasteiger partial charge in [0.1, 0.15) is 5.75 Å². The third-order valence-corrected chi connectivity index (χ3v) is 6.54. The van der Waals surface area contributed by atoms with Crippen molar-refractivity contribution in [2.75, 3.05) is 7.11 Å². The minimum absolute atomic E-state index is 0.0225. The number of hydrogen-bond donors (Lipinski definition) is 0. The lowest BCUT2D eigenvalue weighted by molar-refractivity contribution is 0.414. The second-order valence-electron chi connectivity index (χ2n) is 5.55. The molecular formula is C14H9Cl4N3O3. The fourth-order valence-corrected chi connectivity index (χ4v) is 4.80. The Balaban J connectivity index is 2.01. The smallest absolute Gasteiger partial charge is 0.353 e. The van der Waals surface area contributed by atoms with Crippen LogP contribution in [0.3, 0.4) is 0 Å². The lowest BCUT2D eigenvalue weighted by Crippen LogP contribution is -2.39. The Morgan fingerprint density at radius 3 is 1.83 bits per heavy atom. The van der Waals surface area contributed by atoms with Gasteiger partial charge in [0.25, 0.3) is 0 Å². The predicted molar refractivity (Wildman–Crippen MR) is 91.8 cm³/mol. The Bertz CT molecular complexity index is 964. The Morgan fingerprint density at radius 2 is 1.42 bits per heavy atom. The minimum Gasteiger partial charge on any atom is -0.497 e. The van der Waals surface area contributed by atoms with Gasteiger partial charge in [-0.2, -0.15) is 0 Å². The Kier molecular flexibility index (Phi) is 3.26. The van der Waals surface area contributed by atoms with E-state index in [1.807, 2.05) is 0 Å². The molecule has 126 valence electrons. The van der Waals surface area contributed by atoms with E-state index < -0.39 is 21.4 Å². The summed E-state index contributed by atoms with van der Waals surface area (Å²) >= 11 is 25.3. The number of ether oxygens (including phenoxy) is 1. The average Bonchev–Trinajstić information content (AvgIpc) is 3.05. The van der Waals surface area contributed by atoms with Crippen LogP contribution in [0.2, 0.25) is 0 Å². The number of aromatic nitrogens is 3. The van der Waals surface area contributed by atoms with Crippen molar-refractivity contribution in [3.05, 3.63) is 55.3 Å². The zero-order valence-electron chi connectivity index (χ0n) is 12.1. The molecule has 0 spiro atoms. The summed E-state index contributed by atoms with van der Waals surface area (Å²) in [5, 5.41) is 0.102. The number of methoxy groups -OCH3 is 1. The van der Waals surface area contributed by atoms with E-state index in [2.05, 4.69) is 0 Å². The highest BCUT2D eigenvalue weighted by Gasteiger charge is 2.64. The van der Waals surface area contributed by atoms with E-state index in [0.717, 1.165) is 13.9 Å². The van der Waals surface area contributed by atoms with E-state index in [1.54, 1.807) is 24.3 Å². The lowest BCUT2D eigenvalue weighted by atomic mass is 10.2. The number of rotatable bonds is 2. The molecule has 0 amide bonds. The molecule has 1 aromatic heterocycles. The molecule has 2 unspecified atom stereocenters. The maximum absolute atomic E-state index is 12.8. The molecule has 1 aromatic carbocycles. The van der Waals surface area contributed by atoms with Gasteiger partial charge in [0.2, 0.25) is 0 Å². The van der Waals surface area contributed by atoms with Gasteiger partial charge in [-0.1, -0.05) is 46.4 Å². The predicted octanol–water partition coefficient (Wildman–Crippen LogP) is 2.70. The zero-order valence-corrected chi connectivity index (χ0v) is 15.1. The number of allylic oxidation sites excluding steroid dienone is 2. The van der Waals surface area contributed by atoms with Crippen LogP contribution in [0.15, 0.2) is 43.9 Å². The third kappa shape index (κ3) is 1.69. The standard InChI is InChI=1S/C14H9Cl4N3O3/c1-24-8-4-2-7(3-5-8)19-11(22)20-13(17)6-14(18,10(16)9(13)15)21(20)12(19)23/h2-5H,6H2,1H3. The van der Waals surface area contributed by atoms with Crippen LogP contribution in [-0.4, -0.2) is 21.0 Å². The van der Waals surface area contributed by atoms with Crippen LogP contribution in [0.5, 0.6) is 5.75 Å². The van der Waals surface area contributed by atoms with Crippen LogP contribution >= 0.6 is 46.4 Å². The van der Waals surface area contributed by atoms with Gasteiger partial charge in [-0.15, -0.1) is 0 Å². The van der Waals surface area contributed by atoms with Crippen LogP contribution in [0, 0.1) is 0 Å². The van der Waals surface area contributed by atoms with Gasteiger partial charge in [0.05, 0.1) is 22.9 Å². The number of benzene rings is 1.